The summed E-state index contributed by atoms with van der Waals surface area (Å²) >= 11 is 0. The van der Waals surface area contributed by atoms with E-state index in [-0.39, 0.29) is 0 Å². The van der Waals surface area contributed by atoms with E-state index < -0.39 is 0 Å². The third-order valence-corrected chi connectivity index (χ3v) is 0.678. The molecule has 41 valence electrons. The lowest BCUT2D eigenvalue weighted by Gasteiger charge is -1.79. The lowest BCUT2D eigenvalue weighted by molar-refractivity contribution is 1.47. The highest BCUT2D eigenvalue weighted by Crippen LogP contribution is 1.74. The van der Waals surface area contributed by atoms with E-state index in [0.717, 1.165) is 6.32 Å². The molecule has 0 heterocycles. The molecule has 1 radical (unpaired) electrons. The van der Waals surface area contributed by atoms with E-state index in [2.05, 4.69) is 32.2 Å². The number of rotatable bonds is 1. The maximum atomic E-state index is 3.04. The van der Waals surface area contributed by atoms with E-state index in [9.17, 15) is 0 Å². The van der Waals surface area contributed by atoms with Crippen molar-refractivity contribution in [2.75, 3.05) is 0 Å². The fourth-order valence-electron chi connectivity index (χ4n) is 0.328. The van der Waals surface area contributed by atoms with Gasteiger partial charge in [-0.3, -0.25) is 0 Å². The topological polar surface area (TPSA) is 0 Å². The fraction of sp³-hybridized carbons (Fsp3) is 0.667. The van der Waals surface area contributed by atoms with Crippen LogP contribution in [-0.4, -0.2) is 14.0 Å². The summed E-state index contributed by atoms with van der Waals surface area (Å²) in [6.07, 6.45) is 1.06. The van der Waals surface area contributed by atoms with Gasteiger partial charge in [-0.15, -0.1) is 0 Å². The first-order chi connectivity index (χ1) is 3.77. The second kappa shape index (κ2) is 4.84. The molecule has 0 fully saturated rings. The number of hydrogen-bond donors (Lipinski definition) is 0. The highest BCUT2D eigenvalue weighted by Gasteiger charge is 1.86. The molecule has 0 unspecified atom stereocenters. The SMILES string of the molecule is CC[B]C#CB(C)C. The molecule has 0 spiro atoms. The van der Waals surface area contributed by atoms with Crippen LogP contribution in [-0.2, 0) is 0 Å². The molecule has 0 atom stereocenters. The van der Waals surface area contributed by atoms with Crippen molar-refractivity contribution in [1.82, 2.24) is 0 Å². The minimum Gasteiger partial charge on any atom is -0.175 e. The Morgan fingerprint density at radius 3 is 2.50 bits per heavy atom. The van der Waals surface area contributed by atoms with Gasteiger partial charge in [0.25, 0.3) is 0 Å². The van der Waals surface area contributed by atoms with Crippen molar-refractivity contribution >= 4 is 14.0 Å². The van der Waals surface area contributed by atoms with E-state index in [1.807, 2.05) is 7.28 Å². The Morgan fingerprint density at radius 2 is 2.12 bits per heavy atom. The van der Waals surface area contributed by atoms with Crippen molar-refractivity contribution in [3.05, 3.63) is 0 Å². The van der Waals surface area contributed by atoms with E-state index in [4.69, 9.17) is 0 Å². The molecule has 0 bridgehead atoms. The van der Waals surface area contributed by atoms with Gasteiger partial charge in [-0.2, -0.15) is 11.6 Å². The van der Waals surface area contributed by atoms with Crippen LogP contribution in [0.25, 0.3) is 0 Å². The van der Waals surface area contributed by atoms with Crippen molar-refractivity contribution in [3.63, 3.8) is 0 Å². The summed E-state index contributed by atoms with van der Waals surface area (Å²) < 4.78 is 0. The third kappa shape index (κ3) is 5.69. The predicted molar refractivity (Wildman–Crippen MR) is 41.5 cm³/mol. The van der Waals surface area contributed by atoms with E-state index in [0.29, 0.717) is 6.71 Å². The molecule has 0 nitrogen and oxygen atoms in total. The van der Waals surface area contributed by atoms with Gasteiger partial charge in [0.1, 0.15) is 0 Å². The smallest absolute Gasteiger partial charge is 0.175 e. The van der Waals surface area contributed by atoms with Crippen molar-refractivity contribution < 1.29 is 0 Å². The second-order valence-corrected chi connectivity index (χ2v) is 2.06. The number of hydrogen-bond acceptors (Lipinski definition) is 0. The molecule has 0 rings (SSSR count). The minimum absolute atomic E-state index is 0.512. The average Bonchev–Trinajstić information content (AvgIpc) is 1.66. The lowest BCUT2D eigenvalue weighted by Crippen LogP contribution is -1.94. The minimum atomic E-state index is 0.512. The van der Waals surface area contributed by atoms with Crippen molar-refractivity contribution in [2.24, 2.45) is 0 Å². The summed E-state index contributed by atoms with van der Waals surface area (Å²) in [6, 6.07) is 0. The monoisotopic (exact) mass is 105 g/mol. The largest absolute Gasteiger partial charge is 0.223 e. The quantitative estimate of drug-likeness (QED) is 0.349. The first kappa shape index (κ1) is 7.69. The van der Waals surface area contributed by atoms with Crippen LogP contribution in [0.5, 0.6) is 0 Å². The highest BCUT2D eigenvalue weighted by molar-refractivity contribution is 6.66. The Hall–Kier alpha value is -0.310. The van der Waals surface area contributed by atoms with Gasteiger partial charge in [0.05, 0.1) is 0 Å². The predicted octanol–water partition coefficient (Wildman–Crippen LogP) is 1.38. The maximum Gasteiger partial charge on any atom is 0.223 e. The van der Waals surface area contributed by atoms with Crippen molar-refractivity contribution in [2.45, 2.75) is 26.9 Å². The van der Waals surface area contributed by atoms with Crippen molar-refractivity contribution in [3.8, 4) is 11.6 Å². The van der Waals surface area contributed by atoms with Gasteiger partial charge in [-0.05, 0) is 0 Å². The molecule has 2 heteroatoms. The Morgan fingerprint density at radius 1 is 1.50 bits per heavy atom. The van der Waals surface area contributed by atoms with E-state index >= 15 is 0 Å². The molecule has 0 saturated heterocycles. The Kier molecular flexibility index (Phi) is 4.65. The molecular weight excluding hydrogens is 93.7 g/mol. The normalized spacial score (nSPS) is 6.88. The first-order valence-electron chi connectivity index (χ1n) is 3.10. The van der Waals surface area contributed by atoms with E-state index in [1.54, 1.807) is 0 Å². The van der Waals surface area contributed by atoms with Gasteiger partial charge in [0.15, 0.2) is 0 Å². The van der Waals surface area contributed by atoms with Crippen molar-refractivity contribution in [1.29, 1.82) is 0 Å². The maximum absolute atomic E-state index is 3.04. The molecule has 8 heavy (non-hydrogen) atoms. The summed E-state index contributed by atoms with van der Waals surface area (Å²) in [5.74, 6) is 6.00. The zero-order chi connectivity index (χ0) is 6.41. The zero-order valence-corrected chi connectivity index (χ0v) is 5.86. The molecule has 0 saturated carbocycles. The van der Waals surface area contributed by atoms with Crippen LogP contribution in [0.4, 0.5) is 0 Å². The zero-order valence-electron chi connectivity index (χ0n) is 5.86. The second-order valence-electron chi connectivity index (χ2n) is 2.06. The van der Waals surface area contributed by atoms with Gasteiger partial charge in [0, 0.05) is 0 Å². The molecule has 0 aliphatic rings. The van der Waals surface area contributed by atoms with Crippen LogP contribution in [0.15, 0.2) is 0 Å². The highest BCUT2D eigenvalue weighted by atomic mass is 13.4. The molecule has 0 aromatic rings. The van der Waals surface area contributed by atoms with Crippen LogP contribution < -0.4 is 0 Å². The Balaban J connectivity index is 3.20. The molecular formula is C6H11B2. The summed E-state index contributed by atoms with van der Waals surface area (Å²) in [6.45, 7) is 6.79. The standard InChI is InChI=1S/C6H11B2/c1-4-7-5-6-8(2)3/h4H2,1-3H3. The first-order valence-corrected chi connectivity index (χ1v) is 3.10. The lowest BCUT2D eigenvalue weighted by atomic mass is 9.54. The van der Waals surface area contributed by atoms with Crippen LogP contribution in [0.2, 0.25) is 20.0 Å². The molecule has 0 aromatic carbocycles. The van der Waals surface area contributed by atoms with Crippen LogP contribution in [0.3, 0.4) is 0 Å². The van der Waals surface area contributed by atoms with E-state index in [1.165, 1.54) is 0 Å². The molecule has 0 aliphatic carbocycles. The summed E-state index contributed by atoms with van der Waals surface area (Å²) in [7, 11) is 1.99. The van der Waals surface area contributed by atoms with Gasteiger partial charge < -0.3 is 0 Å². The van der Waals surface area contributed by atoms with Crippen LogP contribution in [0.1, 0.15) is 6.92 Å². The Bertz CT molecular complexity index is 96.8. The fourth-order valence-corrected chi connectivity index (χ4v) is 0.328. The molecule has 0 aliphatic heterocycles. The third-order valence-electron chi connectivity index (χ3n) is 0.678. The van der Waals surface area contributed by atoms with Gasteiger partial charge in [-0.25, -0.2) is 0 Å². The van der Waals surface area contributed by atoms with Crippen LogP contribution >= 0.6 is 0 Å². The van der Waals surface area contributed by atoms with Gasteiger partial charge in [0.2, 0.25) is 14.0 Å². The van der Waals surface area contributed by atoms with Gasteiger partial charge in [-0.1, -0.05) is 26.9 Å². The summed E-state index contributed by atoms with van der Waals surface area (Å²) in [5.41, 5.74) is 0. The Labute approximate surface area is 53.4 Å². The van der Waals surface area contributed by atoms with Crippen LogP contribution in [0, 0.1) is 11.6 Å². The molecule has 0 aromatic heterocycles. The average molecular weight is 105 g/mol. The molecule has 0 N–H and O–H groups in total. The molecule has 0 amide bonds. The summed E-state index contributed by atoms with van der Waals surface area (Å²) in [5, 5.41) is 0. The summed E-state index contributed by atoms with van der Waals surface area (Å²) in [4.78, 5) is 0. The van der Waals surface area contributed by atoms with Gasteiger partial charge >= 0.3 is 0 Å².